The van der Waals surface area contributed by atoms with Gasteiger partial charge in [0, 0.05) is 31.7 Å². The largest absolute Gasteiger partial charge is 0.371 e. The lowest BCUT2D eigenvalue weighted by molar-refractivity contribution is 0.398. The van der Waals surface area contributed by atoms with E-state index in [-0.39, 0.29) is 17.5 Å². The van der Waals surface area contributed by atoms with Crippen LogP contribution in [0.1, 0.15) is 13.8 Å². The Labute approximate surface area is 127 Å². The fourth-order valence-electron chi connectivity index (χ4n) is 2.04. The maximum atomic E-state index is 12.9. The number of fused-ring (bicyclic) bond motifs is 1. The molecule has 0 radical (unpaired) electrons. The highest BCUT2D eigenvalue weighted by molar-refractivity contribution is 7.89. The minimum Gasteiger partial charge on any atom is -0.371 e. The molecule has 1 N–H and O–H groups in total. The minimum atomic E-state index is -3.73. The number of anilines is 1. The van der Waals surface area contributed by atoms with Gasteiger partial charge in [-0.3, -0.25) is 4.40 Å². The van der Waals surface area contributed by atoms with Crippen LogP contribution in [0.3, 0.4) is 0 Å². The summed E-state index contributed by atoms with van der Waals surface area (Å²) >= 11 is 1.37. The lowest BCUT2D eigenvalue weighted by Crippen LogP contribution is -2.35. The molecule has 9 heteroatoms. The number of hydrogen-bond acceptors (Lipinski definition) is 6. The van der Waals surface area contributed by atoms with Gasteiger partial charge in [0.15, 0.2) is 15.8 Å². The normalized spacial score (nSPS) is 13.5. The number of nitrogens with one attached hydrogen (secondary N) is 1. The van der Waals surface area contributed by atoms with Gasteiger partial charge in [0.25, 0.3) is 10.0 Å². The van der Waals surface area contributed by atoms with E-state index in [1.165, 1.54) is 15.6 Å². The Morgan fingerprint density at radius 1 is 1.62 bits per heavy atom. The molecule has 0 fully saturated rings. The third-order valence-electron chi connectivity index (χ3n) is 3.09. The molecule has 0 saturated heterocycles. The van der Waals surface area contributed by atoms with Crippen molar-refractivity contribution in [2.24, 2.45) is 5.92 Å². The van der Waals surface area contributed by atoms with Gasteiger partial charge in [-0.25, -0.2) is 13.4 Å². The second-order valence-corrected chi connectivity index (χ2v) is 7.28. The number of imidazole rings is 1. The molecule has 0 spiro atoms. The highest BCUT2D eigenvalue weighted by Gasteiger charge is 2.31. The van der Waals surface area contributed by atoms with E-state index in [1.54, 1.807) is 36.9 Å². The van der Waals surface area contributed by atoms with Crippen molar-refractivity contribution in [1.82, 2.24) is 13.7 Å². The van der Waals surface area contributed by atoms with Crippen LogP contribution in [-0.4, -0.2) is 42.2 Å². The molecule has 0 aromatic carbocycles. The molecule has 0 saturated carbocycles. The Kier molecular flexibility index (Phi) is 4.51. The summed E-state index contributed by atoms with van der Waals surface area (Å²) in [6.07, 6.45) is 1.68. The molecule has 1 unspecified atom stereocenters. The Bertz CT molecular complexity index is 771. The van der Waals surface area contributed by atoms with E-state index in [2.05, 4.69) is 16.4 Å². The van der Waals surface area contributed by atoms with Gasteiger partial charge in [0.1, 0.15) is 0 Å². The number of nitrogens with zero attached hydrogens (tertiary/aromatic N) is 4. The average molecular weight is 327 g/mol. The van der Waals surface area contributed by atoms with Crippen molar-refractivity contribution in [2.75, 3.05) is 25.5 Å². The molecule has 2 aromatic rings. The number of rotatable bonds is 6. The summed E-state index contributed by atoms with van der Waals surface area (Å²) in [5.41, 5.74) is 0. The first kappa shape index (κ1) is 15.8. The van der Waals surface area contributed by atoms with Crippen molar-refractivity contribution in [2.45, 2.75) is 18.9 Å². The van der Waals surface area contributed by atoms with Gasteiger partial charge < -0.3 is 5.32 Å². The summed E-state index contributed by atoms with van der Waals surface area (Å²) in [5, 5.41) is 13.6. The van der Waals surface area contributed by atoms with Crippen LogP contribution in [0.2, 0.25) is 0 Å². The van der Waals surface area contributed by atoms with Crippen LogP contribution >= 0.6 is 11.3 Å². The van der Waals surface area contributed by atoms with Crippen molar-refractivity contribution >= 4 is 32.1 Å². The maximum absolute atomic E-state index is 12.9. The standard InChI is InChI=1S/C12H17N5O2S2/c1-4-16(8-9(2)7-13)21(18,19)11-10(14-3)15-12-17(11)5-6-20-12/h5-6,9,14H,4,8H2,1-3H3. The fraction of sp³-hybridized carbons (Fsp3) is 0.500. The first-order valence-electron chi connectivity index (χ1n) is 6.48. The van der Waals surface area contributed by atoms with Crippen LogP contribution in [0.15, 0.2) is 16.6 Å². The summed E-state index contributed by atoms with van der Waals surface area (Å²) in [4.78, 5) is 4.89. The Hall–Kier alpha value is -1.63. The number of aromatic nitrogens is 2. The molecular weight excluding hydrogens is 310 g/mol. The number of thiazole rings is 1. The van der Waals surface area contributed by atoms with Gasteiger partial charge in [0.05, 0.1) is 12.0 Å². The lowest BCUT2D eigenvalue weighted by atomic mass is 10.2. The summed E-state index contributed by atoms with van der Waals surface area (Å²) in [7, 11) is -2.09. The van der Waals surface area contributed by atoms with Crippen molar-refractivity contribution in [3.63, 3.8) is 0 Å². The highest BCUT2D eigenvalue weighted by Crippen LogP contribution is 2.28. The third kappa shape index (κ3) is 2.74. The molecule has 1 atom stereocenters. The summed E-state index contributed by atoms with van der Waals surface area (Å²) < 4.78 is 28.6. The molecule has 0 bridgehead atoms. The van der Waals surface area contributed by atoms with Crippen LogP contribution < -0.4 is 5.32 Å². The van der Waals surface area contributed by atoms with E-state index in [1.807, 2.05) is 0 Å². The van der Waals surface area contributed by atoms with Crippen molar-refractivity contribution in [1.29, 1.82) is 5.26 Å². The quantitative estimate of drug-likeness (QED) is 0.870. The van der Waals surface area contributed by atoms with Crippen molar-refractivity contribution in [3.8, 4) is 6.07 Å². The van der Waals surface area contributed by atoms with Gasteiger partial charge >= 0.3 is 0 Å². The fourth-order valence-corrected chi connectivity index (χ4v) is 4.60. The molecular formula is C12H17N5O2S2. The molecule has 0 aliphatic heterocycles. The predicted molar refractivity (Wildman–Crippen MR) is 81.8 cm³/mol. The molecule has 0 aliphatic carbocycles. The van der Waals surface area contributed by atoms with E-state index in [4.69, 9.17) is 5.26 Å². The Balaban J connectivity index is 2.54. The van der Waals surface area contributed by atoms with Crippen LogP contribution in [0.5, 0.6) is 0 Å². The van der Waals surface area contributed by atoms with Gasteiger partial charge in [-0.15, -0.1) is 11.3 Å². The van der Waals surface area contributed by atoms with Gasteiger partial charge in [-0.2, -0.15) is 9.57 Å². The van der Waals surface area contributed by atoms with Crippen LogP contribution in [-0.2, 0) is 10.0 Å². The SMILES string of the molecule is CCN(CC(C)C#N)S(=O)(=O)c1c(NC)nc2sccn12. The zero-order chi connectivity index (χ0) is 15.6. The first-order chi connectivity index (χ1) is 9.95. The van der Waals surface area contributed by atoms with Gasteiger partial charge in [0.2, 0.25) is 0 Å². The highest BCUT2D eigenvalue weighted by atomic mass is 32.2. The summed E-state index contributed by atoms with van der Waals surface area (Å²) in [6.45, 7) is 3.92. The average Bonchev–Trinajstić information content (AvgIpc) is 3.03. The van der Waals surface area contributed by atoms with Crippen LogP contribution in [0, 0.1) is 17.2 Å². The van der Waals surface area contributed by atoms with E-state index in [0.29, 0.717) is 17.3 Å². The summed E-state index contributed by atoms with van der Waals surface area (Å²) in [5.74, 6) is -0.0476. The summed E-state index contributed by atoms with van der Waals surface area (Å²) in [6, 6.07) is 2.07. The van der Waals surface area contributed by atoms with Crippen LogP contribution in [0.25, 0.3) is 4.96 Å². The lowest BCUT2D eigenvalue weighted by Gasteiger charge is -2.21. The Morgan fingerprint density at radius 3 is 2.90 bits per heavy atom. The molecule has 114 valence electrons. The van der Waals surface area contributed by atoms with E-state index in [9.17, 15) is 8.42 Å². The molecule has 21 heavy (non-hydrogen) atoms. The van der Waals surface area contributed by atoms with Crippen LogP contribution in [0.4, 0.5) is 5.82 Å². The third-order valence-corrected chi connectivity index (χ3v) is 5.81. The maximum Gasteiger partial charge on any atom is 0.262 e. The molecule has 0 aliphatic rings. The van der Waals surface area contributed by atoms with Crippen molar-refractivity contribution < 1.29 is 8.42 Å². The minimum absolute atomic E-state index is 0.119. The second kappa shape index (κ2) is 6.01. The zero-order valence-corrected chi connectivity index (χ0v) is 13.7. The molecule has 2 rings (SSSR count). The molecule has 0 amide bonds. The second-order valence-electron chi connectivity index (χ2n) is 4.56. The number of hydrogen-bond donors (Lipinski definition) is 1. The molecule has 7 nitrogen and oxygen atoms in total. The van der Waals surface area contributed by atoms with E-state index < -0.39 is 10.0 Å². The predicted octanol–water partition coefficient (Wildman–Crippen LogP) is 1.61. The smallest absolute Gasteiger partial charge is 0.262 e. The van der Waals surface area contributed by atoms with Gasteiger partial charge in [-0.1, -0.05) is 6.92 Å². The topological polar surface area (TPSA) is 90.5 Å². The zero-order valence-electron chi connectivity index (χ0n) is 12.1. The first-order valence-corrected chi connectivity index (χ1v) is 8.80. The van der Waals surface area contributed by atoms with E-state index >= 15 is 0 Å². The van der Waals surface area contributed by atoms with Gasteiger partial charge in [-0.05, 0) is 6.92 Å². The number of sulfonamides is 1. The van der Waals surface area contributed by atoms with E-state index in [0.717, 1.165) is 0 Å². The number of nitriles is 1. The van der Waals surface area contributed by atoms with Crippen molar-refractivity contribution in [3.05, 3.63) is 11.6 Å². The monoisotopic (exact) mass is 327 g/mol. The molecule has 2 heterocycles. The Morgan fingerprint density at radius 2 is 2.33 bits per heavy atom. The molecule has 2 aromatic heterocycles.